The van der Waals surface area contributed by atoms with Gasteiger partial charge in [0.15, 0.2) is 0 Å². The largest absolute Gasteiger partial charge is 0.490 e. The molecule has 1 aliphatic rings. The molecule has 1 atom stereocenters. The highest BCUT2D eigenvalue weighted by molar-refractivity contribution is 7.84. The number of nitriles is 1. The number of nitrogens with one attached hydrogen (secondary N) is 1. The Morgan fingerprint density at radius 1 is 1.13 bits per heavy atom. The van der Waals surface area contributed by atoms with E-state index in [0.29, 0.717) is 36.6 Å². The summed E-state index contributed by atoms with van der Waals surface area (Å²) in [6, 6.07) is 22.3. The van der Waals surface area contributed by atoms with Crippen LogP contribution < -0.4 is 15.0 Å². The van der Waals surface area contributed by atoms with Crippen molar-refractivity contribution >= 4 is 28.1 Å². The molecule has 0 saturated heterocycles. The number of amides is 1. The summed E-state index contributed by atoms with van der Waals surface area (Å²) in [5.41, 5.74) is 3.92. The van der Waals surface area contributed by atoms with E-state index in [-0.39, 0.29) is 5.91 Å². The molecular formula is C24H21N3O3S. The van der Waals surface area contributed by atoms with Crippen LogP contribution in [0.2, 0.25) is 0 Å². The fourth-order valence-electron chi connectivity index (χ4n) is 3.43. The summed E-state index contributed by atoms with van der Waals surface area (Å²) >= 11 is 0. The molecule has 7 heteroatoms. The van der Waals surface area contributed by atoms with E-state index in [9.17, 15) is 9.00 Å². The first kappa shape index (κ1) is 20.6. The van der Waals surface area contributed by atoms with Gasteiger partial charge in [-0.3, -0.25) is 9.00 Å². The zero-order chi connectivity index (χ0) is 21.8. The molecule has 4 rings (SSSR count). The van der Waals surface area contributed by atoms with Crippen LogP contribution in [0.25, 0.3) is 0 Å². The predicted octanol–water partition coefficient (Wildman–Crippen LogP) is 3.76. The number of hydrogen-bond acceptors (Lipinski definition) is 5. The molecule has 1 N–H and O–H groups in total. The van der Waals surface area contributed by atoms with Crippen LogP contribution in [0.1, 0.15) is 21.5 Å². The molecule has 0 aliphatic carbocycles. The zero-order valence-corrected chi connectivity index (χ0v) is 17.8. The van der Waals surface area contributed by atoms with E-state index in [0.717, 1.165) is 21.8 Å². The third-order valence-corrected chi connectivity index (χ3v) is 6.04. The Labute approximate surface area is 183 Å². The summed E-state index contributed by atoms with van der Waals surface area (Å²) < 4.78 is 17.3. The second kappa shape index (κ2) is 9.02. The first-order chi connectivity index (χ1) is 15.0. The lowest BCUT2D eigenvalue weighted by molar-refractivity contribution is 0.0950. The summed E-state index contributed by atoms with van der Waals surface area (Å²) in [7, 11) is -1.02. The Morgan fingerprint density at radius 2 is 1.87 bits per heavy atom. The number of anilines is 2. The van der Waals surface area contributed by atoms with Crippen LogP contribution in [0.15, 0.2) is 71.6 Å². The van der Waals surface area contributed by atoms with Crippen LogP contribution in [-0.2, 0) is 17.3 Å². The van der Waals surface area contributed by atoms with Crippen molar-refractivity contribution in [1.29, 1.82) is 5.26 Å². The van der Waals surface area contributed by atoms with Crippen LogP contribution in [-0.4, -0.2) is 29.5 Å². The Hall–Kier alpha value is -3.63. The third-order valence-electron chi connectivity index (χ3n) is 5.10. The van der Waals surface area contributed by atoms with E-state index in [2.05, 4.69) is 16.3 Å². The molecule has 0 aromatic heterocycles. The van der Waals surface area contributed by atoms with Gasteiger partial charge in [-0.2, -0.15) is 5.26 Å². The average Bonchev–Trinajstić information content (AvgIpc) is 2.82. The Kier molecular flexibility index (Phi) is 6.01. The first-order valence-corrected chi connectivity index (χ1v) is 11.4. The van der Waals surface area contributed by atoms with E-state index in [1.807, 2.05) is 42.5 Å². The number of nitrogens with zero attached hydrogens (tertiary/aromatic N) is 2. The second-order valence-corrected chi connectivity index (χ2v) is 8.50. The lowest BCUT2D eigenvalue weighted by Gasteiger charge is -2.31. The van der Waals surface area contributed by atoms with Gasteiger partial charge in [0.2, 0.25) is 0 Å². The molecule has 3 aromatic carbocycles. The maximum absolute atomic E-state index is 12.6. The number of fused-ring (bicyclic) bond motifs is 1. The monoisotopic (exact) mass is 431 g/mol. The van der Waals surface area contributed by atoms with Crippen molar-refractivity contribution in [3.05, 3.63) is 83.4 Å². The van der Waals surface area contributed by atoms with E-state index in [4.69, 9.17) is 10.00 Å². The summed E-state index contributed by atoms with van der Waals surface area (Å²) in [5.74, 6) is 0.461. The highest BCUT2D eigenvalue weighted by Crippen LogP contribution is 2.37. The van der Waals surface area contributed by atoms with Gasteiger partial charge in [-0.25, -0.2) is 0 Å². The topological polar surface area (TPSA) is 82.4 Å². The van der Waals surface area contributed by atoms with Gasteiger partial charge in [0.05, 0.1) is 23.9 Å². The molecule has 0 spiro atoms. The molecule has 0 bridgehead atoms. The molecular weight excluding hydrogens is 410 g/mol. The van der Waals surface area contributed by atoms with E-state index < -0.39 is 10.8 Å². The van der Waals surface area contributed by atoms with Gasteiger partial charge in [0.1, 0.15) is 12.4 Å². The van der Waals surface area contributed by atoms with Crippen LogP contribution in [0.4, 0.5) is 11.4 Å². The van der Waals surface area contributed by atoms with Gasteiger partial charge in [-0.15, -0.1) is 0 Å². The Morgan fingerprint density at radius 3 is 2.55 bits per heavy atom. The number of ether oxygens (including phenoxy) is 1. The third kappa shape index (κ3) is 4.60. The summed E-state index contributed by atoms with van der Waals surface area (Å²) in [5, 5.41) is 11.9. The molecule has 6 nitrogen and oxygen atoms in total. The van der Waals surface area contributed by atoms with Gasteiger partial charge in [0, 0.05) is 39.7 Å². The Balaban J connectivity index is 1.47. The highest BCUT2D eigenvalue weighted by atomic mass is 32.2. The van der Waals surface area contributed by atoms with Crippen molar-refractivity contribution in [2.24, 2.45) is 0 Å². The standard InChI is InChI=1S/C24H21N3O3S/c1-31(29)21-9-4-18(5-10-21)16-26-24(28)19-6-11-22-23(14-19)30-13-12-27(22)20-7-2-17(15-25)3-8-20/h2-11,14H,12-13,16H2,1H3,(H,26,28). The molecule has 0 fully saturated rings. The summed E-state index contributed by atoms with van der Waals surface area (Å²) in [4.78, 5) is 15.5. The predicted molar refractivity (Wildman–Crippen MR) is 120 cm³/mol. The minimum absolute atomic E-state index is 0.190. The number of carbonyl (C=O) groups is 1. The molecule has 3 aromatic rings. The SMILES string of the molecule is CS(=O)c1ccc(CNC(=O)c2ccc3c(c2)OCCN3c2ccc(C#N)cc2)cc1. The first-order valence-electron chi connectivity index (χ1n) is 9.80. The highest BCUT2D eigenvalue weighted by Gasteiger charge is 2.21. The molecule has 1 unspecified atom stereocenters. The minimum atomic E-state index is -1.02. The van der Waals surface area contributed by atoms with Crippen molar-refractivity contribution in [3.8, 4) is 11.8 Å². The smallest absolute Gasteiger partial charge is 0.251 e. The summed E-state index contributed by atoms with van der Waals surface area (Å²) in [6.07, 6.45) is 1.64. The Bertz CT molecular complexity index is 1170. The maximum Gasteiger partial charge on any atom is 0.251 e. The van der Waals surface area contributed by atoms with Crippen LogP contribution >= 0.6 is 0 Å². The average molecular weight is 432 g/mol. The number of rotatable bonds is 5. The molecule has 0 radical (unpaired) electrons. The van der Waals surface area contributed by atoms with Crippen molar-refractivity contribution < 1.29 is 13.7 Å². The van der Waals surface area contributed by atoms with Gasteiger partial charge in [0.25, 0.3) is 5.91 Å². The molecule has 0 saturated carbocycles. The van der Waals surface area contributed by atoms with Gasteiger partial charge in [-0.1, -0.05) is 12.1 Å². The molecule has 1 heterocycles. The molecule has 1 aliphatic heterocycles. The second-order valence-electron chi connectivity index (χ2n) is 7.12. The van der Waals surface area contributed by atoms with E-state index in [1.54, 1.807) is 30.5 Å². The number of hydrogen-bond donors (Lipinski definition) is 1. The maximum atomic E-state index is 12.6. The fraction of sp³-hybridized carbons (Fsp3) is 0.167. The van der Waals surface area contributed by atoms with E-state index in [1.165, 1.54) is 0 Å². The van der Waals surface area contributed by atoms with Crippen molar-refractivity contribution in [2.75, 3.05) is 24.3 Å². The van der Waals surface area contributed by atoms with Crippen molar-refractivity contribution in [2.45, 2.75) is 11.4 Å². The quantitative estimate of drug-likeness (QED) is 0.665. The van der Waals surface area contributed by atoms with Crippen LogP contribution in [0.5, 0.6) is 5.75 Å². The van der Waals surface area contributed by atoms with Gasteiger partial charge in [-0.05, 0) is 60.2 Å². The van der Waals surface area contributed by atoms with Gasteiger partial charge >= 0.3 is 0 Å². The fourth-order valence-corrected chi connectivity index (χ4v) is 3.95. The minimum Gasteiger partial charge on any atom is -0.490 e. The summed E-state index contributed by atoms with van der Waals surface area (Å²) in [6.45, 7) is 1.57. The van der Waals surface area contributed by atoms with Crippen LogP contribution in [0, 0.1) is 11.3 Å². The van der Waals surface area contributed by atoms with Crippen LogP contribution in [0.3, 0.4) is 0 Å². The van der Waals surface area contributed by atoms with Gasteiger partial charge < -0.3 is 15.0 Å². The lowest BCUT2D eigenvalue weighted by Crippen LogP contribution is -2.29. The molecule has 31 heavy (non-hydrogen) atoms. The van der Waals surface area contributed by atoms with Crippen molar-refractivity contribution in [1.82, 2.24) is 5.32 Å². The number of carbonyl (C=O) groups excluding carboxylic acids is 1. The molecule has 156 valence electrons. The number of benzene rings is 3. The van der Waals surface area contributed by atoms with Crippen molar-refractivity contribution in [3.63, 3.8) is 0 Å². The van der Waals surface area contributed by atoms with E-state index >= 15 is 0 Å². The zero-order valence-electron chi connectivity index (χ0n) is 17.0. The molecule has 1 amide bonds. The lowest BCUT2D eigenvalue weighted by atomic mass is 10.1. The normalized spacial score (nSPS) is 13.5.